The van der Waals surface area contributed by atoms with Crippen molar-refractivity contribution in [2.24, 2.45) is 0 Å². The van der Waals surface area contributed by atoms with E-state index in [1.807, 2.05) is 6.92 Å². The molecule has 0 saturated carbocycles. The van der Waals surface area contributed by atoms with E-state index in [0.717, 1.165) is 0 Å². The van der Waals surface area contributed by atoms with Crippen LogP contribution in [0.5, 0.6) is 0 Å². The maximum Gasteiger partial charge on any atom is 0.111 e. The summed E-state index contributed by atoms with van der Waals surface area (Å²) in [7, 11) is 0. The van der Waals surface area contributed by atoms with Crippen molar-refractivity contribution in [1.82, 2.24) is 0 Å². The van der Waals surface area contributed by atoms with Gasteiger partial charge in [-0.15, -0.1) is 0 Å². The minimum absolute atomic E-state index is 0.316. The fourth-order valence-electron chi connectivity index (χ4n) is 0.428. The van der Waals surface area contributed by atoms with Gasteiger partial charge in [-0.25, -0.2) is 5.26 Å². The Balaban J connectivity index is 3.06. The molecular weight excluding hydrogens is 188 g/mol. The maximum atomic E-state index is 7.52. The van der Waals surface area contributed by atoms with E-state index in [9.17, 15) is 0 Å². The first-order chi connectivity index (χ1) is 6.31. The minimum atomic E-state index is -0.316. The predicted molar refractivity (Wildman–Crippen MR) is 34.5 cm³/mol. The van der Waals surface area contributed by atoms with Gasteiger partial charge in [0.05, 0.1) is 0 Å². The van der Waals surface area contributed by atoms with E-state index >= 15 is 0 Å². The van der Waals surface area contributed by atoms with Crippen LogP contribution in [0.4, 0.5) is 0 Å². The summed E-state index contributed by atoms with van der Waals surface area (Å²) in [5.41, 5.74) is 0. The van der Waals surface area contributed by atoms with Crippen molar-refractivity contribution < 1.29 is 40.4 Å². The summed E-state index contributed by atoms with van der Waals surface area (Å²) in [6.45, 7) is 3.50. The van der Waals surface area contributed by atoms with E-state index in [1.165, 1.54) is 0 Å². The number of rotatable bonds is 8. The van der Waals surface area contributed by atoms with Crippen LogP contribution >= 0.6 is 0 Å². The lowest BCUT2D eigenvalue weighted by molar-refractivity contribution is -0.813. The van der Waals surface area contributed by atoms with E-state index in [2.05, 4.69) is 35.1 Å². The van der Waals surface area contributed by atoms with Crippen LogP contribution in [0, 0.1) is 0 Å². The molecule has 0 aromatic rings. The van der Waals surface area contributed by atoms with Crippen LogP contribution in [-0.2, 0) is 35.1 Å². The molecule has 0 aromatic heterocycles. The number of allylic oxidation sites excluding steroid dienone is 1. The molecule has 0 fully saturated rings. The Labute approximate surface area is 73.6 Å². The maximum absolute atomic E-state index is 7.52. The first kappa shape index (κ1) is 12.4. The van der Waals surface area contributed by atoms with Crippen molar-refractivity contribution >= 4 is 0 Å². The third-order valence-electron chi connectivity index (χ3n) is 0.796. The summed E-state index contributed by atoms with van der Waals surface area (Å²) >= 11 is 0. The van der Waals surface area contributed by atoms with Gasteiger partial charge in [0.1, 0.15) is 6.10 Å². The van der Waals surface area contributed by atoms with Gasteiger partial charge in [-0.3, -0.25) is 0 Å². The minimum Gasteiger partial charge on any atom is -0.219 e. The normalized spacial score (nSPS) is 13.8. The van der Waals surface area contributed by atoms with Crippen molar-refractivity contribution in [2.45, 2.75) is 20.0 Å². The lowest BCUT2D eigenvalue weighted by atomic mass is 10.4. The molecule has 0 heterocycles. The summed E-state index contributed by atoms with van der Waals surface area (Å²) in [5.74, 6) is 0. The molecule has 0 saturated heterocycles. The third kappa shape index (κ3) is 9.33. The summed E-state index contributed by atoms with van der Waals surface area (Å²) in [4.78, 5) is 4.49. The topological polar surface area (TPSA) is 84.8 Å². The average molecular weight is 198 g/mol. The first-order valence-electron chi connectivity index (χ1n) is 3.24. The van der Waals surface area contributed by atoms with Crippen LogP contribution in [-0.4, -0.2) is 11.4 Å². The Morgan fingerprint density at radius 1 is 1.08 bits per heavy atom. The van der Waals surface area contributed by atoms with Gasteiger partial charge >= 0.3 is 0 Å². The smallest absolute Gasteiger partial charge is 0.111 e. The molecule has 0 spiro atoms. The highest BCUT2D eigenvalue weighted by Crippen LogP contribution is 1.95. The van der Waals surface area contributed by atoms with Crippen LogP contribution in [0.2, 0.25) is 0 Å². The molecule has 13 heavy (non-hydrogen) atoms. The van der Waals surface area contributed by atoms with Gasteiger partial charge in [-0.1, -0.05) is 12.2 Å². The van der Waals surface area contributed by atoms with Gasteiger partial charge in [0.25, 0.3) is 0 Å². The summed E-state index contributed by atoms with van der Waals surface area (Å²) in [5, 5.41) is 28.7. The number of hydrogen-bond donors (Lipinski definition) is 1. The largest absolute Gasteiger partial charge is 0.219 e. The zero-order valence-corrected chi connectivity index (χ0v) is 7.04. The Bertz CT molecular complexity index is 126. The van der Waals surface area contributed by atoms with Crippen LogP contribution < -0.4 is 0 Å². The first-order valence-corrected chi connectivity index (χ1v) is 3.24. The SMILES string of the molecule is C/C=C\C(C)OOOOOOOO. The molecule has 0 amide bonds. The molecule has 0 bridgehead atoms. The zero-order valence-electron chi connectivity index (χ0n) is 7.04. The standard InChI is InChI=1S/C5H10O8/c1-3-4-5(2)7-9-11-13-12-10-8-6/h3-6H,1-2H3/b4-3-. The second kappa shape index (κ2) is 9.51. The van der Waals surface area contributed by atoms with E-state index in [4.69, 9.17) is 5.26 Å². The monoisotopic (exact) mass is 198 g/mol. The van der Waals surface area contributed by atoms with Crippen molar-refractivity contribution in [3.05, 3.63) is 12.2 Å². The van der Waals surface area contributed by atoms with Crippen molar-refractivity contribution in [3.8, 4) is 0 Å². The Kier molecular flexibility index (Phi) is 9.08. The van der Waals surface area contributed by atoms with Crippen LogP contribution in [0.3, 0.4) is 0 Å². The number of hydrogen-bond acceptors (Lipinski definition) is 8. The average Bonchev–Trinajstić information content (AvgIpc) is 2.11. The lowest BCUT2D eigenvalue weighted by Crippen LogP contribution is -2.07. The molecular formula is C5H10O8. The molecule has 0 aliphatic heterocycles. The van der Waals surface area contributed by atoms with Crippen molar-refractivity contribution in [2.75, 3.05) is 0 Å². The highest BCUT2D eigenvalue weighted by atomic mass is 17.9. The van der Waals surface area contributed by atoms with Crippen LogP contribution in [0.15, 0.2) is 12.2 Å². The fraction of sp³-hybridized carbons (Fsp3) is 0.600. The van der Waals surface area contributed by atoms with E-state index in [1.54, 1.807) is 19.1 Å². The van der Waals surface area contributed by atoms with Gasteiger partial charge in [-0.2, -0.15) is 4.89 Å². The molecule has 78 valence electrons. The molecule has 1 atom stereocenters. The summed E-state index contributed by atoms with van der Waals surface area (Å²) < 4.78 is 0. The van der Waals surface area contributed by atoms with Gasteiger partial charge < -0.3 is 0 Å². The lowest BCUT2D eigenvalue weighted by Gasteiger charge is -2.03. The van der Waals surface area contributed by atoms with E-state index < -0.39 is 0 Å². The molecule has 1 N–H and O–H groups in total. The Morgan fingerprint density at radius 3 is 2.31 bits per heavy atom. The van der Waals surface area contributed by atoms with Crippen molar-refractivity contribution in [1.29, 1.82) is 0 Å². The van der Waals surface area contributed by atoms with Crippen LogP contribution in [0.1, 0.15) is 13.8 Å². The molecule has 0 aliphatic carbocycles. The predicted octanol–water partition coefficient (Wildman–Crippen LogP) is 1.03. The summed E-state index contributed by atoms with van der Waals surface area (Å²) in [6, 6.07) is 0. The van der Waals surface area contributed by atoms with Crippen LogP contribution in [0.25, 0.3) is 0 Å². The highest BCUT2D eigenvalue weighted by Gasteiger charge is 1.98. The van der Waals surface area contributed by atoms with Gasteiger partial charge in [0.15, 0.2) is 0 Å². The zero-order chi connectivity index (χ0) is 9.94. The second-order valence-corrected chi connectivity index (χ2v) is 1.74. The Morgan fingerprint density at radius 2 is 1.69 bits per heavy atom. The van der Waals surface area contributed by atoms with Gasteiger partial charge in [0, 0.05) is 0 Å². The Hall–Kier alpha value is -0.580. The van der Waals surface area contributed by atoms with E-state index in [-0.39, 0.29) is 6.10 Å². The molecule has 8 heteroatoms. The third-order valence-corrected chi connectivity index (χ3v) is 0.796. The molecule has 0 rings (SSSR count). The molecule has 0 aliphatic rings. The second-order valence-electron chi connectivity index (χ2n) is 1.74. The van der Waals surface area contributed by atoms with E-state index in [0.29, 0.717) is 0 Å². The molecule has 0 radical (unpaired) electrons. The van der Waals surface area contributed by atoms with Crippen molar-refractivity contribution in [3.63, 3.8) is 0 Å². The summed E-state index contributed by atoms with van der Waals surface area (Å²) in [6.07, 6.45) is 3.13. The van der Waals surface area contributed by atoms with Gasteiger partial charge in [-0.05, 0) is 44.1 Å². The highest BCUT2D eigenvalue weighted by molar-refractivity contribution is 4.82. The molecule has 1 unspecified atom stereocenters. The fourth-order valence-corrected chi connectivity index (χ4v) is 0.428. The molecule has 8 nitrogen and oxygen atoms in total. The quantitative estimate of drug-likeness (QED) is 0.268. The van der Waals surface area contributed by atoms with Gasteiger partial charge in [0.2, 0.25) is 0 Å². The molecule has 0 aromatic carbocycles.